The number of aliphatic carboxylic acids is 1. The van der Waals surface area contributed by atoms with E-state index in [1.807, 2.05) is 0 Å². The summed E-state index contributed by atoms with van der Waals surface area (Å²) in [5.74, 6) is -0.506. The van der Waals surface area contributed by atoms with Crippen molar-refractivity contribution in [2.45, 2.75) is 19.0 Å². The van der Waals surface area contributed by atoms with Crippen LogP contribution in [0.5, 0.6) is 0 Å². The van der Waals surface area contributed by atoms with Crippen LogP contribution < -0.4 is 10.6 Å². The number of urea groups is 1. The van der Waals surface area contributed by atoms with Crippen molar-refractivity contribution in [1.29, 1.82) is 0 Å². The van der Waals surface area contributed by atoms with Crippen LogP contribution in [0, 0.1) is 0 Å². The lowest BCUT2D eigenvalue weighted by Gasteiger charge is -2.12. The first-order valence-corrected chi connectivity index (χ1v) is 4.99. The molecule has 0 radical (unpaired) electrons. The number of aromatic nitrogens is 2. The molecule has 0 aromatic carbocycles. The number of nitrogens with zero attached hydrogens (tertiary/aromatic N) is 1. The van der Waals surface area contributed by atoms with E-state index in [0.717, 1.165) is 0 Å². The fourth-order valence-corrected chi connectivity index (χ4v) is 1.16. The summed E-state index contributed by atoms with van der Waals surface area (Å²) in [6, 6.07) is -1.53. The predicted octanol–water partition coefficient (Wildman–Crippen LogP) is 0.238. The SMILES string of the molecule is C=CCC(NC(=O)NCc1ncc[nH]1)C(=O)O. The molecule has 7 nitrogen and oxygen atoms in total. The first kappa shape index (κ1) is 12.8. The first-order chi connectivity index (χ1) is 8.13. The van der Waals surface area contributed by atoms with Crippen molar-refractivity contribution >= 4 is 12.0 Å². The van der Waals surface area contributed by atoms with Gasteiger partial charge in [-0.1, -0.05) is 6.08 Å². The number of rotatable bonds is 6. The van der Waals surface area contributed by atoms with E-state index in [1.54, 1.807) is 12.4 Å². The quantitative estimate of drug-likeness (QED) is 0.532. The molecule has 1 aromatic heterocycles. The van der Waals surface area contributed by atoms with Gasteiger partial charge in [0.05, 0.1) is 6.54 Å². The van der Waals surface area contributed by atoms with E-state index in [1.165, 1.54) is 6.08 Å². The average Bonchev–Trinajstić information content (AvgIpc) is 2.78. The zero-order valence-electron chi connectivity index (χ0n) is 9.14. The first-order valence-electron chi connectivity index (χ1n) is 4.99. The van der Waals surface area contributed by atoms with Crippen LogP contribution >= 0.6 is 0 Å². The minimum atomic E-state index is -1.10. The van der Waals surface area contributed by atoms with Crippen LogP contribution in [0.15, 0.2) is 25.0 Å². The smallest absolute Gasteiger partial charge is 0.326 e. The van der Waals surface area contributed by atoms with E-state index in [0.29, 0.717) is 5.82 Å². The Morgan fingerprint density at radius 2 is 2.41 bits per heavy atom. The van der Waals surface area contributed by atoms with Crippen LogP contribution in [-0.4, -0.2) is 33.1 Å². The molecule has 1 rings (SSSR count). The lowest BCUT2D eigenvalue weighted by atomic mass is 10.2. The molecular formula is C10H14N4O3. The zero-order chi connectivity index (χ0) is 12.7. The molecule has 4 N–H and O–H groups in total. The molecule has 0 saturated carbocycles. The number of hydrogen-bond acceptors (Lipinski definition) is 3. The molecule has 2 amide bonds. The molecule has 0 aliphatic heterocycles. The molecule has 0 saturated heterocycles. The number of carboxylic acids is 1. The standard InChI is InChI=1S/C10H14N4O3/c1-2-3-7(9(15)16)14-10(17)13-6-8-11-4-5-12-8/h2,4-5,7H,1,3,6H2,(H,11,12)(H,15,16)(H2,13,14,17). The maximum absolute atomic E-state index is 11.4. The zero-order valence-corrected chi connectivity index (χ0v) is 9.14. The fraction of sp³-hybridized carbons (Fsp3) is 0.300. The van der Waals surface area contributed by atoms with Gasteiger partial charge in [0.1, 0.15) is 11.9 Å². The molecule has 0 spiro atoms. The normalized spacial score (nSPS) is 11.5. The van der Waals surface area contributed by atoms with Crippen molar-refractivity contribution in [3.63, 3.8) is 0 Å². The third-order valence-corrected chi connectivity index (χ3v) is 1.98. The highest BCUT2D eigenvalue weighted by molar-refractivity contribution is 5.82. The molecule has 17 heavy (non-hydrogen) atoms. The summed E-state index contributed by atoms with van der Waals surface area (Å²) >= 11 is 0. The van der Waals surface area contributed by atoms with Gasteiger partial charge in [0.2, 0.25) is 0 Å². The van der Waals surface area contributed by atoms with Gasteiger partial charge in [-0.3, -0.25) is 0 Å². The van der Waals surface area contributed by atoms with Gasteiger partial charge in [-0.25, -0.2) is 14.6 Å². The Morgan fingerprint density at radius 1 is 1.65 bits per heavy atom. The highest BCUT2D eigenvalue weighted by Crippen LogP contribution is 1.93. The number of aromatic amines is 1. The summed E-state index contributed by atoms with van der Waals surface area (Å²) in [6.45, 7) is 3.63. The molecule has 0 bridgehead atoms. The predicted molar refractivity (Wildman–Crippen MR) is 60.2 cm³/mol. The number of carboxylic acid groups (broad SMARTS) is 1. The van der Waals surface area contributed by atoms with Crippen LogP contribution in [0.1, 0.15) is 12.2 Å². The van der Waals surface area contributed by atoms with Crippen molar-refractivity contribution < 1.29 is 14.7 Å². The monoisotopic (exact) mass is 238 g/mol. The molecule has 92 valence electrons. The van der Waals surface area contributed by atoms with Crippen molar-refractivity contribution in [1.82, 2.24) is 20.6 Å². The van der Waals surface area contributed by atoms with E-state index in [9.17, 15) is 9.59 Å². The minimum Gasteiger partial charge on any atom is -0.480 e. The second-order valence-corrected chi connectivity index (χ2v) is 3.28. The minimum absolute atomic E-state index is 0.170. The van der Waals surface area contributed by atoms with Crippen molar-refractivity contribution in [3.8, 4) is 0 Å². The van der Waals surface area contributed by atoms with Gasteiger partial charge in [-0.15, -0.1) is 6.58 Å². The van der Waals surface area contributed by atoms with Gasteiger partial charge in [-0.2, -0.15) is 0 Å². The number of carbonyl (C=O) groups excluding carboxylic acids is 1. The lowest BCUT2D eigenvalue weighted by Crippen LogP contribution is -2.45. The van der Waals surface area contributed by atoms with Crippen LogP contribution in [0.2, 0.25) is 0 Å². The number of H-pyrrole nitrogens is 1. The summed E-state index contributed by atoms with van der Waals surface area (Å²) in [5, 5.41) is 13.6. The lowest BCUT2D eigenvalue weighted by molar-refractivity contribution is -0.139. The molecular weight excluding hydrogens is 224 g/mol. The number of imidazole rings is 1. The summed E-state index contributed by atoms with van der Waals surface area (Å²) in [4.78, 5) is 28.8. The van der Waals surface area contributed by atoms with Crippen LogP contribution in [0.4, 0.5) is 4.79 Å². The number of carbonyl (C=O) groups is 2. The Labute approximate surface area is 97.9 Å². The molecule has 7 heteroatoms. The van der Waals surface area contributed by atoms with Crippen LogP contribution in [0.3, 0.4) is 0 Å². The Balaban J connectivity index is 2.37. The molecule has 1 atom stereocenters. The van der Waals surface area contributed by atoms with E-state index in [4.69, 9.17) is 5.11 Å². The van der Waals surface area contributed by atoms with E-state index in [2.05, 4.69) is 27.2 Å². The van der Waals surface area contributed by atoms with E-state index >= 15 is 0 Å². The Hall–Kier alpha value is -2.31. The molecule has 0 fully saturated rings. The number of amides is 2. The van der Waals surface area contributed by atoms with Crippen molar-refractivity contribution in [3.05, 3.63) is 30.9 Å². The largest absolute Gasteiger partial charge is 0.480 e. The second kappa shape index (κ2) is 6.31. The topological polar surface area (TPSA) is 107 Å². The summed E-state index contributed by atoms with van der Waals surface area (Å²) < 4.78 is 0. The van der Waals surface area contributed by atoms with Crippen LogP contribution in [-0.2, 0) is 11.3 Å². The summed E-state index contributed by atoms with van der Waals surface area (Å²) in [7, 11) is 0. The second-order valence-electron chi connectivity index (χ2n) is 3.28. The Bertz CT molecular complexity index is 388. The Morgan fingerprint density at radius 3 is 2.94 bits per heavy atom. The molecule has 1 unspecified atom stereocenters. The summed E-state index contributed by atoms with van der Waals surface area (Å²) in [5.41, 5.74) is 0. The van der Waals surface area contributed by atoms with Crippen LogP contribution in [0.25, 0.3) is 0 Å². The maximum Gasteiger partial charge on any atom is 0.326 e. The van der Waals surface area contributed by atoms with Gasteiger partial charge >= 0.3 is 12.0 Å². The van der Waals surface area contributed by atoms with E-state index < -0.39 is 18.0 Å². The molecule has 1 aromatic rings. The van der Waals surface area contributed by atoms with E-state index in [-0.39, 0.29) is 13.0 Å². The maximum atomic E-state index is 11.4. The van der Waals surface area contributed by atoms with Gasteiger partial charge < -0.3 is 20.7 Å². The highest BCUT2D eigenvalue weighted by atomic mass is 16.4. The average molecular weight is 238 g/mol. The number of nitrogens with one attached hydrogen (secondary N) is 3. The van der Waals surface area contributed by atoms with Crippen molar-refractivity contribution in [2.24, 2.45) is 0 Å². The van der Waals surface area contributed by atoms with Crippen molar-refractivity contribution in [2.75, 3.05) is 0 Å². The molecule has 0 aliphatic carbocycles. The highest BCUT2D eigenvalue weighted by Gasteiger charge is 2.17. The fourth-order valence-electron chi connectivity index (χ4n) is 1.16. The third kappa shape index (κ3) is 4.37. The van der Waals surface area contributed by atoms with Gasteiger partial charge in [-0.05, 0) is 6.42 Å². The van der Waals surface area contributed by atoms with Gasteiger partial charge in [0, 0.05) is 12.4 Å². The number of hydrogen-bond donors (Lipinski definition) is 4. The third-order valence-electron chi connectivity index (χ3n) is 1.98. The van der Waals surface area contributed by atoms with Gasteiger partial charge in [0.15, 0.2) is 0 Å². The molecule has 0 aliphatic rings. The van der Waals surface area contributed by atoms with Gasteiger partial charge in [0.25, 0.3) is 0 Å². The Kier molecular flexibility index (Phi) is 4.74. The molecule has 1 heterocycles. The summed E-state index contributed by atoms with van der Waals surface area (Å²) in [6.07, 6.45) is 4.80.